The summed E-state index contributed by atoms with van der Waals surface area (Å²) in [6.07, 6.45) is 51.8. The second-order valence-corrected chi connectivity index (χ2v) is 13.5. The molecule has 0 aromatic heterocycles. The van der Waals surface area contributed by atoms with Gasteiger partial charge in [-0.2, -0.15) is 0 Å². The van der Waals surface area contributed by atoms with Gasteiger partial charge in [0.1, 0.15) is 0 Å². The second-order valence-electron chi connectivity index (χ2n) is 13.5. The van der Waals surface area contributed by atoms with E-state index in [0.717, 1.165) is 5.92 Å². The van der Waals surface area contributed by atoms with E-state index in [1.807, 2.05) is 0 Å². The Morgan fingerprint density at radius 3 is 0.590 bits per heavy atom. The molecular formula is C39H80. The summed E-state index contributed by atoms with van der Waals surface area (Å²) in [6.45, 7) is 6.98. The van der Waals surface area contributed by atoms with Crippen molar-refractivity contribution in [2.24, 2.45) is 5.92 Å². The van der Waals surface area contributed by atoms with Gasteiger partial charge in [-0.15, -0.1) is 0 Å². The molecule has 0 heterocycles. The zero-order valence-electron chi connectivity index (χ0n) is 28.3. The van der Waals surface area contributed by atoms with E-state index in [4.69, 9.17) is 0 Å². The van der Waals surface area contributed by atoms with E-state index in [2.05, 4.69) is 20.8 Å². The molecule has 0 aromatic carbocycles. The Morgan fingerprint density at radius 1 is 0.205 bits per heavy atom. The summed E-state index contributed by atoms with van der Waals surface area (Å²) in [5.41, 5.74) is 0. The molecule has 0 heteroatoms. The van der Waals surface area contributed by atoms with Crippen LogP contribution in [0.4, 0.5) is 0 Å². The van der Waals surface area contributed by atoms with Gasteiger partial charge in [-0.3, -0.25) is 0 Å². The van der Waals surface area contributed by atoms with Crippen LogP contribution >= 0.6 is 0 Å². The van der Waals surface area contributed by atoms with Crippen LogP contribution in [0.5, 0.6) is 0 Å². The van der Waals surface area contributed by atoms with Gasteiger partial charge in [-0.25, -0.2) is 0 Å². The molecule has 0 aromatic rings. The van der Waals surface area contributed by atoms with Gasteiger partial charge in [-0.05, 0) is 5.92 Å². The molecule has 0 N–H and O–H groups in total. The van der Waals surface area contributed by atoms with Crippen molar-refractivity contribution in [3.63, 3.8) is 0 Å². The monoisotopic (exact) mass is 549 g/mol. The van der Waals surface area contributed by atoms with Gasteiger partial charge in [0.2, 0.25) is 0 Å². The van der Waals surface area contributed by atoms with Crippen molar-refractivity contribution >= 4 is 0 Å². The molecule has 0 rings (SSSR count). The number of unbranched alkanes of at least 4 members (excludes halogenated alkanes) is 29. The van der Waals surface area contributed by atoms with Gasteiger partial charge in [-0.1, -0.05) is 245 Å². The van der Waals surface area contributed by atoms with Gasteiger partial charge in [0.25, 0.3) is 0 Å². The highest BCUT2D eigenvalue weighted by molar-refractivity contribution is 4.62. The van der Waals surface area contributed by atoms with Crippen LogP contribution in [0.2, 0.25) is 0 Å². The van der Waals surface area contributed by atoms with Crippen molar-refractivity contribution in [1.29, 1.82) is 0 Å². The van der Waals surface area contributed by atoms with Crippen LogP contribution in [-0.2, 0) is 0 Å². The van der Waals surface area contributed by atoms with E-state index in [1.165, 1.54) is 225 Å². The third-order valence-electron chi connectivity index (χ3n) is 9.40. The van der Waals surface area contributed by atoms with Crippen LogP contribution in [0.25, 0.3) is 0 Å². The summed E-state index contributed by atoms with van der Waals surface area (Å²) in [6, 6.07) is 0. The van der Waals surface area contributed by atoms with Gasteiger partial charge < -0.3 is 0 Å². The molecular weight excluding hydrogens is 468 g/mol. The number of rotatable bonds is 35. The van der Waals surface area contributed by atoms with Crippen LogP contribution in [0.15, 0.2) is 0 Å². The van der Waals surface area contributed by atoms with Crippen molar-refractivity contribution in [2.45, 2.75) is 245 Å². The first-order chi connectivity index (χ1) is 19.3. The van der Waals surface area contributed by atoms with E-state index in [1.54, 1.807) is 0 Å². The molecule has 0 amide bonds. The van der Waals surface area contributed by atoms with Crippen molar-refractivity contribution in [3.8, 4) is 0 Å². The Hall–Kier alpha value is 0. The average molecular weight is 549 g/mol. The Kier molecular flexibility index (Phi) is 36.0. The first kappa shape index (κ1) is 39.0. The van der Waals surface area contributed by atoms with Crippen molar-refractivity contribution < 1.29 is 0 Å². The topological polar surface area (TPSA) is 0 Å². The lowest BCUT2D eigenvalue weighted by molar-refractivity contribution is 0.367. The fourth-order valence-corrected chi connectivity index (χ4v) is 6.55. The minimum absolute atomic E-state index is 1.04. The van der Waals surface area contributed by atoms with Crippen LogP contribution in [0.3, 0.4) is 0 Å². The Labute approximate surface area is 251 Å². The minimum atomic E-state index is 1.04. The highest BCUT2D eigenvalue weighted by Gasteiger charge is 2.08. The standard InChI is InChI=1S/C39H80/c1-4-7-10-12-14-16-17-18-19-20-21-22-23-24-25-26-28-30-32-35-38-39(36-33-9-6-3)37-34-31-29-27-15-13-11-8-5-2/h39H,4-38H2,1-3H3. The highest BCUT2D eigenvalue weighted by atomic mass is 14.1. The average Bonchev–Trinajstić information content (AvgIpc) is 2.95. The number of hydrogen-bond donors (Lipinski definition) is 0. The van der Waals surface area contributed by atoms with Crippen molar-refractivity contribution in [2.75, 3.05) is 0 Å². The summed E-state index contributed by atoms with van der Waals surface area (Å²) >= 11 is 0. The molecule has 0 aliphatic heterocycles. The molecule has 1 unspecified atom stereocenters. The zero-order valence-corrected chi connectivity index (χ0v) is 28.3. The molecule has 0 aliphatic rings. The van der Waals surface area contributed by atoms with E-state index in [9.17, 15) is 0 Å². The zero-order chi connectivity index (χ0) is 28.3. The summed E-state index contributed by atoms with van der Waals surface area (Å²) in [5, 5.41) is 0. The van der Waals surface area contributed by atoms with Crippen LogP contribution < -0.4 is 0 Å². The number of hydrogen-bond acceptors (Lipinski definition) is 0. The van der Waals surface area contributed by atoms with Gasteiger partial charge in [0.15, 0.2) is 0 Å². The lowest BCUT2D eigenvalue weighted by atomic mass is 9.89. The quantitative estimate of drug-likeness (QED) is 0.0691. The largest absolute Gasteiger partial charge is 0.0654 e. The molecule has 0 nitrogen and oxygen atoms in total. The predicted octanol–water partition coefficient (Wildman–Crippen LogP) is 15.3. The van der Waals surface area contributed by atoms with Crippen molar-refractivity contribution in [3.05, 3.63) is 0 Å². The van der Waals surface area contributed by atoms with Crippen LogP contribution in [-0.4, -0.2) is 0 Å². The van der Waals surface area contributed by atoms with Crippen LogP contribution in [0.1, 0.15) is 245 Å². The third kappa shape index (κ3) is 34.1. The Morgan fingerprint density at radius 2 is 0.359 bits per heavy atom. The molecule has 236 valence electrons. The normalized spacial score (nSPS) is 12.4. The molecule has 1 atom stereocenters. The molecule has 39 heavy (non-hydrogen) atoms. The molecule has 0 aliphatic carbocycles. The van der Waals surface area contributed by atoms with Gasteiger partial charge in [0.05, 0.1) is 0 Å². The van der Waals surface area contributed by atoms with Gasteiger partial charge in [0, 0.05) is 0 Å². The first-order valence-corrected chi connectivity index (χ1v) is 19.3. The van der Waals surface area contributed by atoms with Crippen molar-refractivity contribution in [1.82, 2.24) is 0 Å². The molecule has 0 bridgehead atoms. The smallest absolute Gasteiger partial charge is 0.0414 e. The van der Waals surface area contributed by atoms with E-state index in [0.29, 0.717) is 0 Å². The molecule has 0 saturated carbocycles. The second kappa shape index (κ2) is 36.0. The maximum Gasteiger partial charge on any atom is -0.0414 e. The predicted molar refractivity (Wildman–Crippen MR) is 182 cm³/mol. The van der Waals surface area contributed by atoms with E-state index < -0.39 is 0 Å². The lowest BCUT2D eigenvalue weighted by Gasteiger charge is -2.17. The molecule has 0 spiro atoms. The third-order valence-corrected chi connectivity index (χ3v) is 9.40. The molecule has 0 saturated heterocycles. The first-order valence-electron chi connectivity index (χ1n) is 19.3. The SMILES string of the molecule is CCCCCCCCCCCCCCCCCCCCCCC(CCCCC)CCCCCCCCCCC. The summed E-state index contributed by atoms with van der Waals surface area (Å²) in [7, 11) is 0. The maximum absolute atomic E-state index is 2.36. The van der Waals surface area contributed by atoms with Gasteiger partial charge >= 0.3 is 0 Å². The fourth-order valence-electron chi connectivity index (χ4n) is 6.55. The Balaban J connectivity index is 3.46. The maximum atomic E-state index is 2.36. The fraction of sp³-hybridized carbons (Fsp3) is 1.00. The lowest BCUT2D eigenvalue weighted by Crippen LogP contribution is -2.01. The van der Waals surface area contributed by atoms with E-state index >= 15 is 0 Å². The Bertz CT molecular complexity index is 399. The summed E-state index contributed by atoms with van der Waals surface area (Å²) in [4.78, 5) is 0. The highest BCUT2D eigenvalue weighted by Crippen LogP contribution is 2.24. The molecule has 0 radical (unpaired) electrons. The summed E-state index contributed by atoms with van der Waals surface area (Å²) < 4.78 is 0. The minimum Gasteiger partial charge on any atom is -0.0654 e. The molecule has 0 fully saturated rings. The van der Waals surface area contributed by atoms with E-state index in [-0.39, 0.29) is 0 Å². The summed E-state index contributed by atoms with van der Waals surface area (Å²) in [5.74, 6) is 1.04. The van der Waals surface area contributed by atoms with Crippen LogP contribution in [0, 0.1) is 5.92 Å².